The Morgan fingerprint density at radius 3 is 1.47 bits per heavy atom. The van der Waals surface area contributed by atoms with E-state index in [2.05, 4.69) is 46.6 Å². The predicted octanol–water partition coefficient (Wildman–Crippen LogP) is 8.60. The SMILES string of the molecule is CN(CCCCc1nc(Cc2ccc(OCCCC(=O)CCC(=O)O)cc2)ncc1Br)C(=O)C1CCC1.CN(CCCCc1nc(Cc2ccc(OCCN)cc2)ncc1Br)C(=O)C1CCC1.O=C1CCC(=O)O1. The third kappa shape index (κ3) is 21.3. The highest BCUT2D eigenvalue weighted by atomic mass is 79.9. The van der Waals surface area contributed by atoms with E-state index in [1.165, 1.54) is 12.8 Å². The fourth-order valence-corrected chi connectivity index (χ4v) is 8.84. The van der Waals surface area contributed by atoms with Gasteiger partial charge in [0.25, 0.3) is 0 Å². The van der Waals surface area contributed by atoms with E-state index in [0.29, 0.717) is 51.3 Å². The minimum Gasteiger partial charge on any atom is -0.494 e. The van der Waals surface area contributed by atoms with Gasteiger partial charge in [0.1, 0.15) is 35.5 Å². The fourth-order valence-electron chi connectivity index (χ4n) is 8.06. The lowest BCUT2D eigenvalue weighted by molar-refractivity contribution is -0.152. The zero-order valence-corrected chi connectivity index (χ0v) is 45.9. The van der Waals surface area contributed by atoms with E-state index >= 15 is 0 Å². The van der Waals surface area contributed by atoms with E-state index < -0.39 is 17.9 Å². The number of benzene rings is 2. The molecule has 2 aromatic carbocycles. The number of nitrogens with two attached hydrogens (primary N) is 1. The lowest BCUT2D eigenvalue weighted by atomic mass is 9.84. The van der Waals surface area contributed by atoms with Crippen LogP contribution in [0, 0.1) is 11.8 Å². The molecule has 400 valence electrons. The van der Waals surface area contributed by atoms with E-state index in [4.69, 9.17) is 30.3 Å². The number of carbonyl (C=O) groups is 6. The average molecular weight is 1150 g/mol. The number of carbonyl (C=O) groups excluding carboxylic acids is 5. The first kappa shape index (κ1) is 59.2. The molecule has 3 fully saturated rings. The summed E-state index contributed by atoms with van der Waals surface area (Å²) in [6, 6.07) is 15.7. The molecule has 1 aliphatic heterocycles. The first-order valence-corrected chi connectivity index (χ1v) is 27.4. The summed E-state index contributed by atoms with van der Waals surface area (Å²) in [6.07, 6.45) is 18.4. The lowest BCUT2D eigenvalue weighted by Gasteiger charge is -2.29. The molecule has 74 heavy (non-hydrogen) atoms. The van der Waals surface area contributed by atoms with Crippen LogP contribution >= 0.6 is 31.9 Å². The van der Waals surface area contributed by atoms with Crippen LogP contribution in [0.15, 0.2) is 69.9 Å². The molecule has 3 N–H and O–H groups in total. The van der Waals surface area contributed by atoms with Crippen molar-refractivity contribution >= 4 is 67.4 Å². The van der Waals surface area contributed by atoms with Crippen LogP contribution in [0.3, 0.4) is 0 Å². The number of aryl methyl sites for hydroxylation is 2. The molecule has 0 spiro atoms. The van der Waals surface area contributed by atoms with Gasteiger partial charge in [-0.3, -0.25) is 28.8 Å². The van der Waals surface area contributed by atoms with Gasteiger partial charge in [-0.2, -0.15) is 0 Å². The molecule has 17 nitrogen and oxygen atoms in total. The number of halogens is 2. The molecular weight excluding hydrogens is 1080 g/mol. The highest BCUT2D eigenvalue weighted by Gasteiger charge is 2.28. The Balaban J connectivity index is 0.000000245. The third-order valence-electron chi connectivity index (χ3n) is 12.9. The van der Waals surface area contributed by atoms with Crippen molar-refractivity contribution in [3.05, 3.63) is 104 Å². The molecule has 2 amide bonds. The van der Waals surface area contributed by atoms with Gasteiger partial charge in [-0.1, -0.05) is 37.1 Å². The summed E-state index contributed by atoms with van der Waals surface area (Å²) in [5, 5.41) is 8.62. The minimum atomic E-state index is -0.953. The number of Topliss-reactive ketones (excluding diaryl/α,β-unsaturated/α-hetero) is 1. The maximum atomic E-state index is 12.3. The van der Waals surface area contributed by atoms with E-state index in [1.807, 2.05) is 78.6 Å². The van der Waals surface area contributed by atoms with E-state index in [1.54, 1.807) is 6.20 Å². The van der Waals surface area contributed by atoms with Crippen molar-refractivity contribution in [2.45, 2.75) is 128 Å². The molecule has 0 radical (unpaired) electrons. The van der Waals surface area contributed by atoms with Gasteiger partial charge in [0.2, 0.25) is 11.8 Å². The molecule has 4 aromatic rings. The van der Waals surface area contributed by atoms with Crippen LogP contribution < -0.4 is 15.2 Å². The number of unbranched alkanes of at least 4 members (excludes halogenated alkanes) is 2. The molecule has 3 heterocycles. The van der Waals surface area contributed by atoms with E-state index in [9.17, 15) is 28.8 Å². The normalized spacial score (nSPS) is 14.0. The summed E-state index contributed by atoms with van der Waals surface area (Å²) in [5.41, 5.74) is 9.68. The monoisotopic (exact) mass is 1150 g/mol. The smallest absolute Gasteiger partial charge is 0.314 e. The Kier molecular flexibility index (Phi) is 25.6. The van der Waals surface area contributed by atoms with Crippen LogP contribution in [0.1, 0.15) is 137 Å². The largest absolute Gasteiger partial charge is 0.494 e. The highest BCUT2D eigenvalue weighted by Crippen LogP contribution is 2.29. The Morgan fingerprint density at radius 2 is 1.09 bits per heavy atom. The second-order valence-electron chi connectivity index (χ2n) is 18.9. The Hall–Kier alpha value is -5.66. The van der Waals surface area contributed by atoms with Crippen LogP contribution in [0.4, 0.5) is 0 Å². The maximum Gasteiger partial charge on any atom is 0.314 e. The highest BCUT2D eigenvalue weighted by molar-refractivity contribution is 9.10. The maximum absolute atomic E-state index is 12.3. The number of esters is 2. The Labute approximate surface area is 451 Å². The third-order valence-corrected chi connectivity index (χ3v) is 14.2. The average Bonchev–Trinajstić information content (AvgIpc) is 3.74. The van der Waals surface area contributed by atoms with Gasteiger partial charge in [-0.25, -0.2) is 19.9 Å². The quantitative estimate of drug-likeness (QED) is 0.0323. The van der Waals surface area contributed by atoms with Crippen LogP contribution in [0.2, 0.25) is 0 Å². The number of hydrogen-bond donors (Lipinski definition) is 2. The second-order valence-corrected chi connectivity index (χ2v) is 20.6. The zero-order valence-electron chi connectivity index (χ0n) is 42.7. The van der Waals surface area contributed by atoms with Crippen LogP contribution in [-0.2, 0) is 59.2 Å². The lowest BCUT2D eigenvalue weighted by Crippen LogP contribution is -2.36. The predicted molar refractivity (Wildman–Crippen MR) is 285 cm³/mol. The van der Waals surface area contributed by atoms with Gasteiger partial charge in [0.15, 0.2) is 0 Å². The second kappa shape index (κ2) is 31.9. The van der Waals surface area contributed by atoms with Gasteiger partial charge >= 0.3 is 17.9 Å². The number of aliphatic carboxylic acids is 1. The molecule has 2 aliphatic carbocycles. The number of ketones is 1. The summed E-state index contributed by atoms with van der Waals surface area (Å²) in [5.74, 6) is 2.42. The minimum absolute atomic E-state index is 0.0541. The molecule has 2 saturated carbocycles. The summed E-state index contributed by atoms with van der Waals surface area (Å²) in [7, 11) is 3.83. The first-order chi connectivity index (χ1) is 35.7. The van der Waals surface area contributed by atoms with E-state index in [0.717, 1.165) is 132 Å². The molecule has 19 heteroatoms. The van der Waals surface area contributed by atoms with Crippen molar-refractivity contribution in [1.29, 1.82) is 0 Å². The summed E-state index contributed by atoms with van der Waals surface area (Å²) in [6.45, 7) is 3.01. The van der Waals surface area contributed by atoms with Crippen molar-refractivity contribution < 1.29 is 48.1 Å². The number of amides is 2. The number of carboxylic acids is 1. The summed E-state index contributed by atoms with van der Waals surface area (Å²) in [4.78, 5) is 88.9. The van der Waals surface area contributed by atoms with Gasteiger partial charge < -0.3 is 34.9 Å². The molecular formula is C55H71Br2N7O10. The summed E-state index contributed by atoms with van der Waals surface area (Å²) >= 11 is 7.14. The number of ether oxygens (including phenoxy) is 3. The van der Waals surface area contributed by atoms with E-state index in [-0.39, 0.29) is 49.2 Å². The van der Waals surface area contributed by atoms with Crippen LogP contribution in [0.25, 0.3) is 0 Å². The molecule has 0 unspecified atom stereocenters. The van der Waals surface area contributed by atoms with Crippen LogP contribution in [0.5, 0.6) is 11.5 Å². The van der Waals surface area contributed by atoms with Crippen LogP contribution in [-0.4, -0.2) is 117 Å². The summed E-state index contributed by atoms with van der Waals surface area (Å²) < 4.78 is 17.1. The molecule has 2 aromatic heterocycles. The van der Waals surface area contributed by atoms with Crippen molar-refractivity contribution in [2.75, 3.05) is 46.9 Å². The van der Waals surface area contributed by atoms with Gasteiger partial charge in [0.05, 0.1) is 46.2 Å². The number of carboxylic acid groups (broad SMARTS) is 1. The number of aromatic nitrogens is 4. The number of hydrogen-bond acceptors (Lipinski definition) is 14. The molecule has 1 saturated heterocycles. The fraction of sp³-hybridized carbons (Fsp3) is 0.527. The zero-order chi connectivity index (χ0) is 53.2. The Morgan fingerprint density at radius 1 is 0.649 bits per heavy atom. The standard InChI is InChI=1S/C28H36BrN3O5.C23H31BrN4O2.C4H4O3/c1-32(28(36)21-6-4-7-21)16-3-2-9-25-24(29)19-30-26(31-25)18-20-10-13-23(14-11-20)37-17-5-8-22(33)12-15-27(34)35;1-28(23(29)18-5-4-6-18)13-3-2-7-21-20(24)16-26-22(27-21)15-17-8-10-19(11-9-17)30-14-12-25;5-3-1-2-4(6)7-3/h10-11,13-14,19,21H,2-9,12,15-18H2,1H3,(H,34,35);8-11,16,18H,2-7,12-15,25H2,1H3;1-2H2. The number of rotatable bonds is 27. The molecule has 0 bridgehead atoms. The molecule has 3 aliphatic rings. The molecule has 0 atom stereocenters. The van der Waals surface area contributed by atoms with Crippen molar-refractivity contribution in [3.63, 3.8) is 0 Å². The van der Waals surface area contributed by atoms with Crippen molar-refractivity contribution in [1.82, 2.24) is 29.7 Å². The van der Waals surface area contributed by atoms with Crippen molar-refractivity contribution in [2.24, 2.45) is 17.6 Å². The first-order valence-electron chi connectivity index (χ1n) is 25.8. The molecule has 7 rings (SSSR count). The van der Waals surface area contributed by atoms with Gasteiger partial charge in [0, 0.05) is 83.6 Å². The Bertz CT molecular complexity index is 2440. The van der Waals surface area contributed by atoms with Gasteiger partial charge in [-0.05, 0) is 138 Å². The number of cyclic esters (lactones) is 2. The number of nitrogens with zero attached hydrogens (tertiary/aromatic N) is 6. The van der Waals surface area contributed by atoms with Crippen molar-refractivity contribution in [3.8, 4) is 11.5 Å². The topological polar surface area (TPSA) is 234 Å². The van der Waals surface area contributed by atoms with Gasteiger partial charge in [-0.15, -0.1) is 0 Å².